The van der Waals surface area contributed by atoms with Crippen LogP contribution in [-0.4, -0.2) is 31.9 Å². The van der Waals surface area contributed by atoms with Gasteiger partial charge >= 0.3 is 0 Å². The molecular weight excluding hydrogens is 226 g/mol. The van der Waals surface area contributed by atoms with Crippen molar-refractivity contribution >= 4 is 0 Å². The molecular formula is C15H25NO2. The Morgan fingerprint density at radius 1 is 1.06 bits per heavy atom. The van der Waals surface area contributed by atoms with E-state index in [0.29, 0.717) is 18.7 Å². The van der Waals surface area contributed by atoms with Crippen LogP contribution in [0.3, 0.4) is 0 Å². The Kier molecular flexibility index (Phi) is 6.76. The molecule has 18 heavy (non-hydrogen) atoms. The number of ether oxygens (including phenoxy) is 2. The minimum absolute atomic E-state index is 0.307. The van der Waals surface area contributed by atoms with Crippen LogP contribution in [-0.2, 0) is 4.74 Å². The molecule has 0 bridgehead atoms. The average molecular weight is 251 g/mol. The van der Waals surface area contributed by atoms with Crippen molar-refractivity contribution in [2.24, 2.45) is 0 Å². The summed E-state index contributed by atoms with van der Waals surface area (Å²) in [6, 6.07) is 8.79. The highest BCUT2D eigenvalue weighted by molar-refractivity contribution is 5.26. The van der Waals surface area contributed by atoms with E-state index in [0.717, 1.165) is 19.0 Å². The highest BCUT2D eigenvalue weighted by Crippen LogP contribution is 2.11. The van der Waals surface area contributed by atoms with Gasteiger partial charge in [-0.1, -0.05) is 17.7 Å². The molecule has 0 aliphatic rings. The fraction of sp³-hybridized carbons (Fsp3) is 0.600. The molecule has 0 aliphatic carbocycles. The van der Waals surface area contributed by atoms with Crippen LogP contribution in [0.2, 0.25) is 0 Å². The van der Waals surface area contributed by atoms with Gasteiger partial charge in [-0.05, 0) is 39.8 Å². The molecule has 0 heterocycles. The Hall–Kier alpha value is -1.06. The van der Waals surface area contributed by atoms with Crippen molar-refractivity contribution in [1.29, 1.82) is 0 Å². The third kappa shape index (κ3) is 6.03. The first-order valence-corrected chi connectivity index (χ1v) is 6.65. The molecule has 2 unspecified atom stereocenters. The summed E-state index contributed by atoms with van der Waals surface area (Å²) in [7, 11) is 0. The zero-order valence-electron chi connectivity index (χ0n) is 11.9. The quantitative estimate of drug-likeness (QED) is 0.770. The monoisotopic (exact) mass is 251 g/mol. The van der Waals surface area contributed by atoms with Gasteiger partial charge in [0, 0.05) is 18.7 Å². The summed E-state index contributed by atoms with van der Waals surface area (Å²) < 4.78 is 11.1. The second kappa shape index (κ2) is 8.11. The normalized spacial score (nSPS) is 14.2. The maximum absolute atomic E-state index is 5.72. The van der Waals surface area contributed by atoms with Gasteiger partial charge in [-0.25, -0.2) is 0 Å². The zero-order chi connectivity index (χ0) is 13.4. The van der Waals surface area contributed by atoms with E-state index in [1.165, 1.54) is 5.56 Å². The lowest BCUT2D eigenvalue weighted by Gasteiger charge is -2.20. The highest BCUT2D eigenvalue weighted by Gasteiger charge is 2.07. The molecule has 3 nitrogen and oxygen atoms in total. The summed E-state index contributed by atoms with van der Waals surface area (Å²) in [5.41, 5.74) is 1.25. The molecule has 2 atom stereocenters. The molecule has 0 radical (unpaired) electrons. The van der Waals surface area contributed by atoms with Crippen LogP contribution in [0.4, 0.5) is 0 Å². The van der Waals surface area contributed by atoms with Gasteiger partial charge in [-0.15, -0.1) is 0 Å². The smallest absolute Gasteiger partial charge is 0.119 e. The fourth-order valence-corrected chi connectivity index (χ4v) is 1.73. The first-order valence-electron chi connectivity index (χ1n) is 6.65. The van der Waals surface area contributed by atoms with E-state index in [1.54, 1.807) is 0 Å². The maximum atomic E-state index is 5.72. The highest BCUT2D eigenvalue weighted by atomic mass is 16.5. The third-order valence-corrected chi connectivity index (χ3v) is 2.66. The van der Waals surface area contributed by atoms with Gasteiger partial charge in [0.15, 0.2) is 0 Å². The topological polar surface area (TPSA) is 30.5 Å². The summed E-state index contributed by atoms with van der Waals surface area (Å²) in [5, 5.41) is 3.45. The molecule has 0 spiro atoms. The molecule has 1 N–H and O–H groups in total. The molecule has 1 rings (SSSR count). The SMILES string of the molecule is CCOCC(C)NC(C)COc1ccc(C)cc1. The Bertz CT molecular complexity index is 324. The number of aryl methyl sites for hydroxylation is 1. The van der Waals surface area contributed by atoms with E-state index < -0.39 is 0 Å². The van der Waals surface area contributed by atoms with Crippen molar-refractivity contribution in [3.05, 3.63) is 29.8 Å². The molecule has 0 aromatic heterocycles. The summed E-state index contributed by atoms with van der Waals surface area (Å²) in [6.07, 6.45) is 0. The van der Waals surface area contributed by atoms with Gasteiger partial charge < -0.3 is 14.8 Å². The number of rotatable bonds is 8. The lowest BCUT2D eigenvalue weighted by Crippen LogP contribution is -2.40. The lowest BCUT2D eigenvalue weighted by atomic mass is 10.2. The minimum atomic E-state index is 0.307. The van der Waals surface area contributed by atoms with Gasteiger partial charge in [0.2, 0.25) is 0 Å². The molecule has 1 aromatic carbocycles. The Balaban J connectivity index is 2.24. The summed E-state index contributed by atoms with van der Waals surface area (Å²) in [4.78, 5) is 0. The lowest BCUT2D eigenvalue weighted by molar-refractivity contribution is 0.120. The standard InChI is InChI=1S/C15H25NO2/c1-5-17-10-13(3)16-14(4)11-18-15-8-6-12(2)7-9-15/h6-9,13-14,16H,5,10-11H2,1-4H3. The van der Waals surface area contributed by atoms with Crippen molar-refractivity contribution < 1.29 is 9.47 Å². The molecule has 0 saturated carbocycles. The number of hydrogen-bond donors (Lipinski definition) is 1. The average Bonchev–Trinajstić information content (AvgIpc) is 2.35. The first-order chi connectivity index (χ1) is 8.61. The first kappa shape index (κ1) is 15.0. The van der Waals surface area contributed by atoms with E-state index in [9.17, 15) is 0 Å². The van der Waals surface area contributed by atoms with Crippen molar-refractivity contribution in [2.45, 2.75) is 39.8 Å². The second-order valence-electron chi connectivity index (χ2n) is 4.75. The van der Waals surface area contributed by atoms with E-state index in [1.807, 2.05) is 19.1 Å². The van der Waals surface area contributed by atoms with Crippen molar-refractivity contribution in [1.82, 2.24) is 5.32 Å². The fourth-order valence-electron chi connectivity index (χ4n) is 1.73. The predicted octanol–water partition coefficient (Wildman–Crippen LogP) is 2.78. The van der Waals surface area contributed by atoms with Gasteiger partial charge in [0.1, 0.15) is 12.4 Å². The van der Waals surface area contributed by atoms with Crippen LogP contribution in [0, 0.1) is 6.92 Å². The van der Waals surface area contributed by atoms with E-state index in [2.05, 4.69) is 38.2 Å². The van der Waals surface area contributed by atoms with Crippen LogP contribution >= 0.6 is 0 Å². The minimum Gasteiger partial charge on any atom is -0.492 e. The Morgan fingerprint density at radius 3 is 2.28 bits per heavy atom. The van der Waals surface area contributed by atoms with Gasteiger partial charge in [0.05, 0.1) is 6.61 Å². The third-order valence-electron chi connectivity index (χ3n) is 2.66. The van der Waals surface area contributed by atoms with Crippen LogP contribution < -0.4 is 10.1 Å². The van der Waals surface area contributed by atoms with Crippen molar-refractivity contribution in [3.63, 3.8) is 0 Å². The summed E-state index contributed by atoms with van der Waals surface area (Å²) in [5.74, 6) is 0.923. The van der Waals surface area contributed by atoms with Gasteiger partial charge in [-0.3, -0.25) is 0 Å². The predicted molar refractivity (Wildman–Crippen MR) is 75.2 cm³/mol. The number of benzene rings is 1. The molecule has 102 valence electrons. The van der Waals surface area contributed by atoms with Gasteiger partial charge in [-0.2, -0.15) is 0 Å². The van der Waals surface area contributed by atoms with Gasteiger partial charge in [0.25, 0.3) is 0 Å². The second-order valence-corrected chi connectivity index (χ2v) is 4.75. The number of nitrogens with one attached hydrogen (secondary N) is 1. The van der Waals surface area contributed by atoms with E-state index in [-0.39, 0.29) is 0 Å². The summed E-state index contributed by atoms with van der Waals surface area (Å²) in [6.45, 7) is 10.5. The Labute approximate surface area is 110 Å². The molecule has 0 fully saturated rings. The molecule has 3 heteroatoms. The van der Waals surface area contributed by atoms with Crippen LogP contribution in [0.25, 0.3) is 0 Å². The maximum Gasteiger partial charge on any atom is 0.119 e. The van der Waals surface area contributed by atoms with Crippen molar-refractivity contribution in [3.8, 4) is 5.75 Å². The largest absolute Gasteiger partial charge is 0.492 e. The van der Waals surface area contributed by atoms with E-state index in [4.69, 9.17) is 9.47 Å². The number of hydrogen-bond acceptors (Lipinski definition) is 3. The van der Waals surface area contributed by atoms with Crippen molar-refractivity contribution in [2.75, 3.05) is 19.8 Å². The van der Waals surface area contributed by atoms with E-state index >= 15 is 0 Å². The zero-order valence-corrected chi connectivity index (χ0v) is 11.9. The molecule has 0 amide bonds. The summed E-state index contributed by atoms with van der Waals surface area (Å²) >= 11 is 0. The molecule has 0 aliphatic heterocycles. The van der Waals surface area contributed by atoms with Crippen LogP contribution in [0.1, 0.15) is 26.3 Å². The van der Waals surface area contributed by atoms with Crippen LogP contribution in [0.5, 0.6) is 5.75 Å². The molecule has 1 aromatic rings. The Morgan fingerprint density at radius 2 is 1.67 bits per heavy atom. The van der Waals surface area contributed by atoms with Crippen LogP contribution in [0.15, 0.2) is 24.3 Å². The molecule has 0 saturated heterocycles.